The van der Waals surface area contributed by atoms with Crippen LogP contribution >= 0.6 is 23.2 Å². The van der Waals surface area contributed by atoms with Crippen molar-refractivity contribution >= 4 is 23.2 Å². The Morgan fingerprint density at radius 1 is 1.17 bits per heavy atom. The Bertz CT molecular complexity index is 587. The molecule has 0 N–H and O–H groups in total. The van der Waals surface area contributed by atoms with Gasteiger partial charge in [0.25, 0.3) is 0 Å². The number of hydrogen-bond donors (Lipinski definition) is 0. The van der Waals surface area contributed by atoms with Gasteiger partial charge in [-0.1, -0.05) is 61.9 Å². The predicted octanol–water partition coefficient (Wildman–Crippen LogP) is 6.31. The lowest BCUT2D eigenvalue weighted by Gasteiger charge is -2.20. The summed E-state index contributed by atoms with van der Waals surface area (Å²) in [6.45, 7) is 3.84. The maximum absolute atomic E-state index is 6.38. The molecule has 2 rings (SSSR count). The fourth-order valence-electron chi connectivity index (χ4n) is 2.71. The average Bonchev–Trinajstić information content (AvgIpc) is 3.07. The van der Waals surface area contributed by atoms with E-state index in [-0.39, 0.29) is 6.10 Å². The molecule has 1 atom stereocenters. The molecule has 0 aliphatic carbocycles. The van der Waals surface area contributed by atoms with Crippen LogP contribution in [0.3, 0.4) is 0 Å². The topological polar surface area (TPSA) is 27.1 Å². The van der Waals surface area contributed by atoms with E-state index in [9.17, 15) is 0 Å². The molecule has 1 unspecified atom stereocenters. The third-order valence-electron chi connectivity index (χ3n) is 4.08. The van der Waals surface area contributed by atoms with Gasteiger partial charge < -0.3 is 9.30 Å². The highest BCUT2D eigenvalue weighted by atomic mass is 35.5. The molecule has 24 heavy (non-hydrogen) atoms. The highest BCUT2D eigenvalue weighted by Crippen LogP contribution is 2.31. The second-order valence-corrected chi connectivity index (χ2v) is 6.87. The molecule has 0 bridgehead atoms. The van der Waals surface area contributed by atoms with Gasteiger partial charge in [-0.05, 0) is 30.5 Å². The number of imidazole rings is 1. The van der Waals surface area contributed by atoms with Gasteiger partial charge in [0.15, 0.2) is 0 Å². The van der Waals surface area contributed by atoms with E-state index in [4.69, 9.17) is 27.9 Å². The minimum Gasteiger partial charge on any atom is -0.373 e. The first-order chi connectivity index (χ1) is 11.7. The van der Waals surface area contributed by atoms with E-state index in [1.807, 2.05) is 24.7 Å². The van der Waals surface area contributed by atoms with Gasteiger partial charge in [-0.25, -0.2) is 4.98 Å². The number of unbranched alkanes of at least 4 members (excludes halogenated alkanes) is 4. The Hall–Kier alpha value is -1.03. The molecule has 0 aliphatic rings. The summed E-state index contributed by atoms with van der Waals surface area (Å²) in [4.78, 5) is 4.08. The molecule has 0 aliphatic heterocycles. The number of benzene rings is 1. The summed E-state index contributed by atoms with van der Waals surface area (Å²) in [5.74, 6) is 0. The zero-order chi connectivity index (χ0) is 17.2. The molecule has 2 aromatic rings. The third kappa shape index (κ3) is 6.46. The van der Waals surface area contributed by atoms with Gasteiger partial charge in [-0.2, -0.15) is 0 Å². The number of ether oxygens (including phenoxy) is 1. The summed E-state index contributed by atoms with van der Waals surface area (Å²) >= 11 is 12.4. The Morgan fingerprint density at radius 3 is 2.71 bits per heavy atom. The summed E-state index contributed by atoms with van der Waals surface area (Å²) in [7, 11) is 0. The molecular weight excluding hydrogens is 343 g/mol. The van der Waals surface area contributed by atoms with Crippen molar-refractivity contribution in [2.24, 2.45) is 0 Å². The van der Waals surface area contributed by atoms with Crippen LogP contribution in [0, 0.1) is 0 Å². The van der Waals surface area contributed by atoms with Crippen LogP contribution in [0.1, 0.15) is 57.1 Å². The second-order valence-electron chi connectivity index (χ2n) is 6.03. The first-order valence-electron chi connectivity index (χ1n) is 8.73. The maximum atomic E-state index is 6.38. The molecule has 5 heteroatoms. The van der Waals surface area contributed by atoms with Crippen molar-refractivity contribution in [3.8, 4) is 0 Å². The third-order valence-corrected chi connectivity index (χ3v) is 4.65. The Labute approximate surface area is 154 Å². The van der Waals surface area contributed by atoms with Crippen LogP contribution in [-0.2, 0) is 11.3 Å². The zero-order valence-corrected chi connectivity index (χ0v) is 15.8. The Balaban J connectivity index is 1.92. The van der Waals surface area contributed by atoms with Gasteiger partial charge in [0.05, 0.1) is 12.4 Å². The lowest BCUT2D eigenvalue weighted by Crippen LogP contribution is -2.10. The molecule has 0 fully saturated rings. The number of aryl methyl sites for hydroxylation is 1. The summed E-state index contributed by atoms with van der Waals surface area (Å²) < 4.78 is 8.22. The number of hydrogen-bond acceptors (Lipinski definition) is 2. The van der Waals surface area contributed by atoms with Crippen LogP contribution in [-0.4, -0.2) is 16.2 Å². The van der Waals surface area contributed by atoms with E-state index in [1.165, 1.54) is 25.7 Å². The smallest absolute Gasteiger partial charge is 0.0945 e. The molecule has 132 valence electrons. The second kappa shape index (κ2) is 10.8. The Kier molecular flexibility index (Phi) is 8.65. The fourth-order valence-corrected chi connectivity index (χ4v) is 3.24. The van der Waals surface area contributed by atoms with Gasteiger partial charge in [0.1, 0.15) is 0 Å². The molecule has 1 aromatic heterocycles. The normalized spacial score (nSPS) is 12.5. The standard InChI is InChI=1S/C19H26Cl2N2O/c1-2-3-4-5-6-13-24-19(9-11-23-12-10-22-15-23)17-8-7-16(20)14-18(17)21/h7-8,10,12,14-15,19H,2-6,9,11,13H2,1H3. The average molecular weight is 369 g/mol. The quantitative estimate of drug-likeness (QED) is 0.434. The SMILES string of the molecule is CCCCCCCOC(CCn1ccnc1)c1ccc(Cl)cc1Cl. The first kappa shape index (κ1) is 19.3. The lowest BCUT2D eigenvalue weighted by atomic mass is 10.1. The molecule has 1 heterocycles. The van der Waals surface area contributed by atoms with Gasteiger partial charge in [-0.15, -0.1) is 0 Å². The van der Waals surface area contributed by atoms with Crippen LogP contribution in [0.15, 0.2) is 36.9 Å². The predicted molar refractivity (Wildman–Crippen MR) is 101 cm³/mol. The van der Waals surface area contributed by atoms with E-state index in [0.717, 1.165) is 31.6 Å². The molecule has 1 aromatic carbocycles. The van der Waals surface area contributed by atoms with Crippen molar-refractivity contribution in [3.05, 3.63) is 52.5 Å². The van der Waals surface area contributed by atoms with Crippen molar-refractivity contribution in [2.75, 3.05) is 6.61 Å². The van der Waals surface area contributed by atoms with Crippen molar-refractivity contribution in [1.29, 1.82) is 0 Å². The van der Waals surface area contributed by atoms with Crippen LogP contribution in [0.2, 0.25) is 10.0 Å². The zero-order valence-electron chi connectivity index (χ0n) is 14.3. The van der Waals surface area contributed by atoms with Crippen LogP contribution in [0.5, 0.6) is 0 Å². The van der Waals surface area contributed by atoms with Crippen molar-refractivity contribution in [1.82, 2.24) is 9.55 Å². The maximum Gasteiger partial charge on any atom is 0.0945 e. The van der Waals surface area contributed by atoms with E-state index in [0.29, 0.717) is 10.0 Å². The van der Waals surface area contributed by atoms with Gasteiger partial charge in [-0.3, -0.25) is 0 Å². The van der Waals surface area contributed by atoms with Gasteiger partial charge in [0.2, 0.25) is 0 Å². The summed E-state index contributed by atoms with van der Waals surface area (Å²) in [6, 6.07) is 5.63. The number of rotatable bonds is 11. The molecule has 0 saturated carbocycles. The van der Waals surface area contributed by atoms with Crippen molar-refractivity contribution < 1.29 is 4.74 Å². The monoisotopic (exact) mass is 368 g/mol. The molecule has 3 nitrogen and oxygen atoms in total. The summed E-state index contributed by atoms with van der Waals surface area (Å²) in [5.41, 5.74) is 1.01. The number of nitrogens with zero attached hydrogens (tertiary/aromatic N) is 2. The van der Waals surface area contributed by atoms with E-state index >= 15 is 0 Å². The lowest BCUT2D eigenvalue weighted by molar-refractivity contribution is 0.0411. The fraction of sp³-hybridized carbons (Fsp3) is 0.526. The van der Waals surface area contributed by atoms with Gasteiger partial charge >= 0.3 is 0 Å². The minimum atomic E-state index is -0.0247. The van der Waals surface area contributed by atoms with Crippen LogP contribution in [0.25, 0.3) is 0 Å². The highest BCUT2D eigenvalue weighted by Gasteiger charge is 2.16. The van der Waals surface area contributed by atoms with Crippen LogP contribution < -0.4 is 0 Å². The molecule has 0 saturated heterocycles. The Morgan fingerprint density at radius 2 is 2.00 bits per heavy atom. The molecule has 0 radical (unpaired) electrons. The van der Waals surface area contributed by atoms with E-state index in [1.54, 1.807) is 12.3 Å². The van der Waals surface area contributed by atoms with E-state index < -0.39 is 0 Å². The molecule has 0 spiro atoms. The summed E-state index contributed by atoms with van der Waals surface area (Å²) in [5, 5.41) is 1.32. The first-order valence-corrected chi connectivity index (χ1v) is 9.48. The molecule has 0 amide bonds. The van der Waals surface area contributed by atoms with E-state index in [2.05, 4.69) is 16.5 Å². The largest absolute Gasteiger partial charge is 0.373 e. The summed E-state index contributed by atoms with van der Waals surface area (Å²) in [6.07, 6.45) is 12.6. The number of halogens is 2. The minimum absolute atomic E-state index is 0.0247. The number of aromatic nitrogens is 2. The highest BCUT2D eigenvalue weighted by molar-refractivity contribution is 6.35. The van der Waals surface area contributed by atoms with Crippen molar-refractivity contribution in [3.63, 3.8) is 0 Å². The van der Waals surface area contributed by atoms with Gasteiger partial charge in [0, 0.05) is 35.6 Å². The van der Waals surface area contributed by atoms with Crippen molar-refractivity contribution in [2.45, 2.75) is 58.1 Å². The molecular formula is C19H26Cl2N2O. The van der Waals surface area contributed by atoms with Crippen LogP contribution in [0.4, 0.5) is 0 Å².